The van der Waals surface area contributed by atoms with E-state index in [2.05, 4.69) is 4.98 Å². The minimum Gasteiger partial charge on any atom is -0.295 e. The van der Waals surface area contributed by atoms with Crippen molar-refractivity contribution in [3.05, 3.63) is 57.6 Å². The van der Waals surface area contributed by atoms with Crippen molar-refractivity contribution in [1.29, 1.82) is 0 Å². The van der Waals surface area contributed by atoms with E-state index in [1.54, 1.807) is 0 Å². The fraction of sp³-hybridized carbons (Fsp3) is 0.133. The van der Waals surface area contributed by atoms with Crippen LogP contribution in [0.25, 0.3) is 16.7 Å². The van der Waals surface area contributed by atoms with Crippen molar-refractivity contribution in [2.45, 2.75) is 12.8 Å². The second kappa shape index (κ2) is 5.48. The molecule has 1 heterocycles. The topological polar surface area (TPSA) is 17.8 Å². The first-order valence-corrected chi connectivity index (χ1v) is 7.49. The summed E-state index contributed by atoms with van der Waals surface area (Å²) in [5.41, 5.74) is 3.40. The number of hydrogen-bond donors (Lipinski definition) is 0. The zero-order valence-corrected chi connectivity index (χ0v) is 13.3. The first-order chi connectivity index (χ1) is 10.0. The van der Waals surface area contributed by atoms with E-state index in [-0.39, 0.29) is 15.9 Å². The highest BCUT2D eigenvalue weighted by Crippen LogP contribution is 2.30. The van der Waals surface area contributed by atoms with Crippen molar-refractivity contribution in [3.63, 3.8) is 0 Å². The third kappa shape index (κ3) is 2.39. The number of alkyl halides is 1. The number of para-hydroxylation sites is 1. The maximum atomic E-state index is 13.6. The summed E-state index contributed by atoms with van der Waals surface area (Å²) in [6.45, 7) is 1.97. The Morgan fingerprint density at radius 2 is 1.86 bits per heavy atom. The Kier molecular flexibility index (Phi) is 3.82. The molecular weight excluding hydrogens is 334 g/mol. The van der Waals surface area contributed by atoms with Crippen LogP contribution in [-0.4, -0.2) is 9.55 Å². The quantitative estimate of drug-likeness (QED) is 0.442. The standard InChI is InChI=1S/C15H10Cl3FN2/c1-8-3-2-4-12-15(8)20-13(7-16)21(12)9-5-10(17)14(19)11(18)6-9/h2-6H,7H2,1H3. The van der Waals surface area contributed by atoms with Crippen LogP contribution < -0.4 is 0 Å². The summed E-state index contributed by atoms with van der Waals surface area (Å²) < 4.78 is 15.4. The van der Waals surface area contributed by atoms with Crippen molar-refractivity contribution in [3.8, 4) is 5.69 Å². The van der Waals surface area contributed by atoms with E-state index in [0.29, 0.717) is 11.5 Å². The van der Waals surface area contributed by atoms with Crippen LogP contribution >= 0.6 is 34.8 Å². The number of benzene rings is 2. The zero-order chi connectivity index (χ0) is 15.1. The lowest BCUT2D eigenvalue weighted by Gasteiger charge is -2.10. The maximum Gasteiger partial charge on any atom is 0.160 e. The lowest BCUT2D eigenvalue weighted by molar-refractivity contribution is 0.628. The second-order valence-corrected chi connectivity index (χ2v) is 5.74. The molecular formula is C15H10Cl3FN2. The van der Waals surface area contributed by atoms with Gasteiger partial charge in [-0.05, 0) is 30.7 Å². The van der Waals surface area contributed by atoms with Gasteiger partial charge in [-0.25, -0.2) is 9.37 Å². The van der Waals surface area contributed by atoms with Crippen molar-refractivity contribution >= 4 is 45.8 Å². The molecule has 0 radical (unpaired) electrons. The Morgan fingerprint density at radius 3 is 2.48 bits per heavy atom. The van der Waals surface area contributed by atoms with Gasteiger partial charge in [0, 0.05) is 0 Å². The smallest absolute Gasteiger partial charge is 0.160 e. The molecule has 0 bridgehead atoms. The van der Waals surface area contributed by atoms with Gasteiger partial charge in [-0.2, -0.15) is 0 Å². The Labute approximate surface area is 136 Å². The summed E-state index contributed by atoms with van der Waals surface area (Å²) >= 11 is 17.8. The molecule has 0 atom stereocenters. The average Bonchev–Trinajstić information content (AvgIpc) is 2.84. The molecule has 0 aliphatic rings. The normalized spacial score (nSPS) is 11.3. The first kappa shape index (κ1) is 14.6. The molecule has 0 N–H and O–H groups in total. The summed E-state index contributed by atoms with van der Waals surface area (Å²) in [5, 5.41) is -0.0694. The SMILES string of the molecule is Cc1cccc2c1nc(CCl)n2-c1cc(Cl)c(F)c(Cl)c1. The molecule has 6 heteroatoms. The van der Waals surface area contributed by atoms with Gasteiger partial charge in [0.05, 0.1) is 32.6 Å². The molecule has 0 unspecified atom stereocenters. The third-order valence-electron chi connectivity index (χ3n) is 3.30. The molecule has 0 fully saturated rings. The lowest BCUT2D eigenvalue weighted by atomic mass is 10.2. The van der Waals surface area contributed by atoms with E-state index in [4.69, 9.17) is 34.8 Å². The van der Waals surface area contributed by atoms with Crippen LogP contribution in [-0.2, 0) is 5.88 Å². The van der Waals surface area contributed by atoms with E-state index in [9.17, 15) is 4.39 Å². The Bertz CT molecular complexity index is 819. The molecule has 1 aromatic heterocycles. The van der Waals surface area contributed by atoms with Crippen LogP contribution in [0.3, 0.4) is 0 Å². The molecule has 0 amide bonds. The van der Waals surface area contributed by atoms with Crippen molar-refractivity contribution < 1.29 is 4.39 Å². The van der Waals surface area contributed by atoms with Crippen LogP contribution in [0.4, 0.5) is 4.39 Å². The van der Waals surface area contributed by atoms with Gasteiger partial charge in [0.1, 0.15) is 5.82 Å². The summed E-state index contributed by atoms with van der Waals surface area (Å²) in [7, 11) is 0. The van der Waals surface area contributed by atoms with E-state index in [0.717, 1.165) is 16.6 Å². The zero-order valence-electron chi connectivity index (χ0n) is 11.0. The predicted octanol–water partition coefficient (Wildman–Crippen LogP) is 5.52. The molecule has 0 saturated carbocycles. The van der Waals surface area contributed by atoms with Gasteiger partial charge in [-0.15, -0.1) is 11.6 Å². The molecule has 2 aromatic carbocycles. The molecule has 0 saturated heterocycles. The van der Waals surface area contributed by atoms with Crippen molar-refractivity contribution in [1.82, 2.24) is 9.55 Å². The molecule has 3 rings (SSSR count). The minimum atomic E-state index is -0.630. The fourth-order valence-corrected chi connectivity index (χ4v) is 2.99. The lowest BCUT2D eigenvalue weighted by Crippen LogP contribution is -2.00. The largest absolute Gasteiger partial charge is 0.295 e. The highest BCUT2D eigenvalue weighted by molar-refractivity contribution is 6.35. The fourth-order valence-electron chi connectivity index (χ4n) is 2.34. The van der Waals surface area contributed by atoms with Gasteiger partial charge in [0.2, 0.25) is 0 Å². The van der Waals surface area contributed by atoms with E-state index in [1.807, 2.05) is 29.7 Å². The number of nitrogens with zero attached hydrogens (tertiary/aromatic N) is 2. The molecule has 0 aliphatic heterocycles. The van der Waals surface area contributed by atoms with Crippen molar-refractivity contribution in [2.75, 3.05) is 0 Å². The number of imidazole rings is 1. The number of fused-ring (bicyclic) bond motifs is 1. The summed E-state index contributed by atoms with van der Waals surface area (Å²) in [5.74, 6) is 0.246. The average molecular weight is 344 g/mol. The molecule has 2 nitrogen and oxygen atoms in total. The highest BCUT2D eigenvalue weighted by Gasteiger charge is 2.16. The Hall–Kier alpha value is -1.29. The van der Waals surface area contributed by atoms with Gasteiger partial charge in [0.15, 0.2) is 5.82 Å². The number of hydrogen-bond acceptors (Lipinski definition) is 1. The highest BCUT2D eigenvalue weighted by atomic mass is 35.5. The van der Waals surface area contributed by atoms with Crippen LogP contribution in [0.1, 0.15) is 11.4 Å². The summed E-state index contributed by atoms with van der Waals surface area (Å²) in [4.78, 5) is 4.54. The monoisotopic (exact) mass is 342 g/mol. The number of aryl methyl sites for hydroxylation is 1. The summed E-state index contributed by atoms with van der Waals surface area (Å²) in [6.07, 6.45) is 0. The van der Waals surface area contributed by atoms with Crippen LogP contribution in [0.2, 0.25) is 10.0 Å². The molecule has 21 heavy (non-hydrogen) atoms. The number of halogens is 4. The second-order valence-electron chi connectivity index (χ2n) is 4.66. The Morgan fingerprint density at radius 1 is 1.19 bits per heavy atom. The molecule has 3 aromatic rings. The molecule has 108 valence electrons. The van der Waals surface area contributed by atoms with Crippen molar-refractivity contribution in [2.24, 2.45) is 0 Å². The minimum absolute atomic E-state index is 0.0347. The van der Waals surface area contributed by atoms with E-state index in [1.165, 1.54) is 12.1 Å². The van der Waals surface area contributed by atoms with Gasteiger partial charge in [0.25, 0.3) is 0 Å². The van der Waals surface area contributed by atoms with E-state index < -0.39 is 5.82 Å². The number of rotatable bonds is 2. The Balaban J connectivity index is 2.36. The predicted molar refractivity (Wildman–Crippen MR) is 85.3 cm³/mol. The van der Waals surface area contributed by atoms with Crippen LogP contribution in [0.5, 0.6) is 0 Å². The van der Waals surface area contributed by atoms with Gasteiger partial charge >= 0.3 is 0 Å². The number of aromatic nitrogens is 2. The van der Waals surface area contributed by atoms with Crippen LogP contribution in [0, 0.1) is 12.7 Å². The van der Waals surface area contributed by atoms with Gasteiger partial charge in [-0.3, -0.25) is 4.57 Å². The summed E-state index contributed by atoms with van der Waals surface area (Å²) in [6, 6.07) is 8.87. The first-order valence-electron chi connectivity index (χ1n) is 6.20. The van der Waals surface area contributed by atoms with Crippen LogP contribution in [0.15, 0.2) is 30.3 Å². The van der Waals surface area contributed by atoms with E-state index >= 15 is 0 Å². The maximum absolute atomic E-state index is 13.6. The van der Waals surface area contributed by atoms with Gasteiger partial charge in [-0.1, -0.05) is 35.3 Å². The molecule has 0 aliphatic carbocycles. The molecule has 0 spiro atoms. The van der Waals surface area contributed by atoms with Gasteiger partial charge < -0.3 is 0 Å². The third-order valence-corrected chi connectivity index (χ3v) is 4.09.